The average Bonchev–Trinajstić information content (AvgIpc) is 2.71. The molecule has 1 aromatic carbocycles. The van der Waals surface area contributed by atoms with E-state index >= 15 is 0 Å². The highest BCUT2D eigenvalue weighted by Gasteiger charge is 2.16. The summed E-state index contributed by atoms with van der Waals surface area (Å²) in [5, 5.41) is 4.07. The maximum Gasteiger partial charge on any atom is 0.132 e. The Kier molecular flexibility index (Phi) is 3.32. The summed E-state index contributed by atoms with van der Waals surface area (Å²) in [5.41, 5.74) is 0. The molecule has 3 heteroatoms. The molecule has 14 heavy (non-hydrogen) atoms. The predicted molar refractivity (Wildman–Crippen MR) is 60.1 cm³/mol. The number of nitrogens with one attached hydrogen (secondary N) is 1. The third-order valence-corrected chi connectivity index (χ3v) is 3.70. The summed E-state index contributed by atoms with van der Waals surface area (Å²) in [6.45, 7) is 2.26. The van der Waals surface area contributed by atoms with E-state index < -0.39 is 0 Å². The summed E-state index contributed by atoms with van der Waals surface area (Å²) in [7, 11) is 1.73. The second-order valence-corrected chi connectivity index (χ2v) is 4.73. The van der Waals surface area contributed by atoms with Gasteiger partial charge in [0.25, 0.3) is 0 Å². The number of benzene rings is 1. The monoisotopic (exact) mass is 209 g/mol. The predicted octanol–water partition coefficient (Wildman–Crippen LogP) is 2.15. The minimum absolute atomic E-state index is 0.700. The van der Waals surface area contributed by atoms with Crippen LogP contribution in [0.3, 0.4) is 0 Å². The molecule has 0 aliphatic carbocycles. The molecular formula is C11H15NOS. The van der Waals surface area contributed by atoms with Crippen LogP contribution in [0.25, 0.3) is 0 Å². The summed E-state index contributed by atoms with van der Waals surface area (Å²) < 4.78 is 5.31. The topological polar surface area (TPSA) is 21.3 Å². The highest BCUT2D eigenvalue weighted by Crippen LogP contribution is 2.33. The van der Waals surface area contributed by atoms with Crippen LogP contribution in [0.2, 0.25) is 0 Å². The molecule has 0 unspecified atom stereocenters. The molecule has 2 rings (SSSR count). The first kappa shape index (κ1) is 9.87. The molecule has 0 spiro atoms. The fourth-order valence-corrected chi connectivity index (χ4v) is 2.85. The largest absolute Gasteiger partial charge is 0.496 e. The Morgan fingerprint density at radius 2 is 2.29 bits per heavy atom. The van der Waals surface area contributed by atoms with Crippen molar-refractivity contribution < 1.29 is 4.74 Å². The second-order valence-electron chi connectivity index (χ2n) is 3.38. The first-order valence-corrected chi connectivity index (χ1v) is 5.78. The van der Waals surface area contributed by atoms with E-state index in [2.05, 4.69) is 17.4 Å². The van der Waals surface area contributed by atoms with Crippen molar-refractivity contribution in [3.05, 3.63) is 24.3 Å². The summed E-state index contributed by atoms with van der Waals surface area (Å²) >= 11 is 1.91. The molecule has 0 radical (unpaired) electrons. The Morgan fingerprint density at radius 3 is 3.00 bits per heavy atom. The minimum Gasteiger partial charge on any atom is -0.496 e. The Bertz CT molecular complexity index is 297. The number of hydrogen-bond acceptors (Lipinski definition) is 3. The van der Waals surface area contributed by atoms with Gasteiger partial charge in [0.1, 0.15) is 5.75 Å². The lowest BCUT2D eigenvalue weighted by Crippen LogP contribution is -2.10. The van der Waals surface area contributed by atoms with E-state index in [0.717, 1.165) is 18.8 Å². The zero-order chi connectivity index (χ0) is 9.80. The van der Waals surface area contributed by atoms with Crippen LogP contribution in [0.1, 0.15) is 6.42 Å². The molecule has 0 saturated carbocycles. The summed E-state index contributed by atoms with van der Waals surface area (Å²) in [5.74, 6) is 0.990. The summed E-state index contributed by atoms with van der Waals surface area (Å²) in [6.07, 6.45) is 1.25. The molecule has 1 aliphatic heterocycles. The van der Waals surface area contributed by atoms with Crippen molar-refractivity contribution >= 4 is 11.8 Å². The maximum atomic E-state index is 5.31. The molecule has 1 saturated heterocycles. The van der Waals surface area contributed by atoms with Gasteiger partial charge in [-0.3, -0.25) is 0 Å². The highest BCUT2D eigenvalue weighted by atomic mass is 32.2. The van der Waals surface area contributed by atoms with Gasteiger partial charge >= 0.3 is 0 Å². The van der Waals surface area contributed by atoms with Crippen LogP contribution in [0, 0.1) is 0 Å². The molecule has 1 fully saturated rings. The van der Waals surface area contributed by atoms with Crippen molar-refractivity contribution in [2.75, 3.05) is 20.2 Å². The highest BCUT2D eigenvalue weighted by molar-refractivity contribution is 8.00. The fourth-order valence-electron chi connectivity index (χ4n) is 1.62. The fraction of sp³-hybridized carbons (Fsp3) is 0.455. The molecular weight excluding hydrogens is 194 g/mol. The van der Waals surface area contributed by atoms with Crippen molar-refractivity contribution in [1.29, 1.82) is 0 Å². The number of para-hydroxylation sites is 1. The Hall–Kier alpha value is -0.670. The van der Waals surface area contributed by atoms with Crippen LogP contribution in [-0.4, -0.2) is 25.4 Å². The number of methoxy groups -OCH3 is 1. The Labute approximate surface area is 89.0 Å². The number of rotatable bonds is 3. The Balaban J connectivity index is 2.07. The van der Waals surface area contributed by atoms with Crippen LogP contribution >= 0.6 is 11.8 Å². The van der Waals surface area contributed by atoms with Gasteiger partial charge < -0.3 is 10.1 Å². The molecule has 2 nitrogen and oxygen atoms in total. The molecule has 0 bridgehead atoms. The molecule has 0 aromatic heterocycles. The second kappa shape index (κ2) is 4.71. The van der Waals surface area contributed by atoms with Crippen LogP contribution in [0.4, 0.5) is 0 Å². The summed E-state index contributed by atoms with van der Waals surface area (Å²) in [6, 6.07) is 8.22. The molecule has 1 heterocycles. The number of thioether (sulfide) groups is 1. The van der Waals surface area contributed by atoms with Crippen molar-refractivity contribution in [3.8, 4) is 5.75 Å². The average molecular weight is 209 g/mol. The van der Waals surface area contributed by atoms with E-state index in [1.54, 1.807) is 7.11 Å². The van der Waals surface area contributed by atoms with Gasteiger partial charge in [0.15, 0.2) is 0 Å². The first-order chi connectivity index (χ1) is 6.90. The van der Waals surface area contributed by atoms with Crippen molar-refractivity contribution in [3.63, 3.8) is 0 Å². The van der Waals surface area contributed by atoms with Gasteiger partial charge in [-0.05, 0) is 25.1 Å². The molecule has 0 amide bonds. The van der Waals surface area contributed by atoms with Gasteiger partial charge in [0.05, 0.1) is 7.11 Å². The van der Waals surface area contributed by atoms with Gasteiger partial charge in [-0.15, -0.1) is 11.8 Å². The SMILES string of the molecule is COc1ccccc1S[C@H]1CCNC1. The number of hydrogen-bond donors (Lipinski definition) is 1. The first-order valence-electron chi connectivity index (χ1n) is 4.90. The van der Waals surface area contributed by atoms with E-state index in [9.17, 15) is 0 Å². The molecule has 1 aliphatic rings. The van der Waals surface area contributed by atoms with Crippen LogP contribution in [-0.2, 0) is 0 Å². The molecule has 76 valence electrons. The summed E-state index contributed by atoms with van der Waals surface area (Å²) in [4.78, 5) is 1.25. The van der Waals surface area contributed by atoms with Crippen molar-refractivity contribution in [1.82, 2.24) is 5.32 Å². The van der Waals surface area contributed by atoms with E-state index in [1.807, 2.05) is 23.9 Å². The minimum atomic E-state index is 0.700. The zero-order valence-electron chi connectivity index (χ0n) is 8.32. The normalized spacial score (nSPS) is 21.1. The standard InChI is InChI=1S/C11H15NOS/c1-13-10-4-2-3-5-11(10)14-9-6-7-12-8-9/h2-5,9,12H,6-8H2,1H3/t9-/m0/s1. The van der Waals surface area contributed by atoms with Gasteiger partial charge in [0.2, 0.25) is 0 Å². The lowest BCUT2D eigenvalue weighted by atomic mass is 10.3. The smallest absolute Gasteiger partial charge is 0.132 e. The van der Waals surface area contributed by atoms with Crippen LogP contribution in [0.15, 0.2) is 29.2 Å². The van der Waals surface area contributed by atoms with Crippen LogP contribution in [0.5, 0.6) is 5.75 Å². The van der Waals surface area contributed by atoms with E-state index in [1.165, 1.54) is 11.3 Å². The number of ether oxygens (including phenoxy) is 1. The molecule has 1 N–H and O–H groups in total. The van der Waals surface area contributed by atoms with Gasteiger partial charge in [0, 0.05) is 16.7 Å². The van der Waals surface area contributed by atoms with Crippen LogP contribution < -0.4 is 10.1 Å². The molecule has 1 aromatic rings. The lowest BCUT2D eigenvalue weighted by molar-refractivity contribution is 0.404. The maximum absolute atomic E-state index is 5.31. The quantitative estimate of drug-likeness (QED) is 0.824. The van der Waals surface area contributed by atoms with Gasteiger partial charge in [-0.25, -0.2) is 0 Å². The zero-order valence-corrected chi connectivity index (χ0v) is 9.14. The van der Waals surface area contributed by atoms with Crippen molar-refractivity contribution in [2.45, 2.75) is 16.6 Å². The van der Waals surface area contributed by atoms with Crippen molar-refractivity contribution in [2.24, 2.45) is 0 Å². The van der Waals surface area contributed by atoms with E-state index in [0.29, 0.717) is 5.25 Å². The Morgan fingerprint density at radius 1 is 1.43 bits per heavy atom. The third kappa shape index (κ3) is 2.22. The van der Waals surface area contributed by atoms with E-state index in [4.69, 9.17) is 4.74 Å². The van der Waals surface area contributed by atoms with Gasteiger partial charge in [-0.1, -0.05) is 12.1 Å². The lowest BCUT2D eigenvalue weighted by Gasteiger charge is -2.11. The third-order valence-electron chi connectivity index (χ3n) is 2.38. The van der Waals surface area contributed by atoms with Gasteiger partial charge in [-0.2, -0.15) is 0 Å². The molecule has 1 atom stereocenters. The van der Waals surface area contributed by atoms with E-state index in [-0.39, 0.29) is 0 Å².